The molecular formula is C21H23NO3. The number of furan rings is 1. The van der Waals surface area contributed by atoms with E-state index in [2.05, 4.69) is 12.2 Å². The number of fused-ring (bicyclic) bond motifs is 3. The van der Waals surface area contributed by atoms with Gasteiger partial charge in [-0.1, -0.05) is 38.0 Å². The molecule has 2 aromatic carbocycles. The van der Waals surface area contributed by atoms with Crippen molar-refractivity contribution in [3.63, 3.8) is 0 Å². The zero-order chi connectivity index (χ0) is 17.2. The zero-order valence-electron chi connectivity index (χ0n) is 14.5. The number of hydrogen-bond donors (Lipinski definition) is 1. The van der Waals surface area contributed by atoms with Gasteiger partial charge in [0.05, 0.1) is 0 Å². The van der Waals surface area contributed by atoms with E-state index in [1.165, 1.54) is 19.3 Å². The first-order chi connectivity index (χ1) is 12.2. The molecule has 0 saturated heterocycles. The largest absolute Gasteiger partial charge is 0.484 e. The van der Waals surface area contributed by atoms with Gasteiger partial charge in [0.15, 0.2) is 6.61 Å². The lowest BCUT2D eigenvalue weighted by Crippen LogP contribution is -2.43. The summed E-state index contributed by atoms with van der Waals surface area (Å²) in [6.07, 6.45) is 4.72. The Morgan fingerprint density at radius 2 is 1.92 bits per heavy atom. The van der Waals surface area contributed by atoms with Crippen LogP contribution in [-0.2, 0) is 4.79 Å². The minimum Gasteiger partial charge on any atom is -0.484 e. The van der Waals surface area contributed by atoms with Crippen LogP contribution in [-0.4, -0.2) is 18.6 Å². The quantitative estimate of drug-likeness (QED) is 0.753. The first-order valence-corrected chi connectivity index (χ1v) is 9.04. The summed E-state index contributed by atoms with van der Waals surface area (Å²) in [5.74, 6) is 1.19. The Bertz CT molecular complexity index is 898. The molecule has 25 heavy (non-hydrogen) atoms. The molecule has 1 amide bonds. The van der Waals surface area contributed by atoms with Gasteiger partial charge in [0.25, 0.3) is 5.91 Å². The average molecular weight is 337 g/mol. The third-order valence-electron chi connectivity index (χ3n) is 5.18. The predicted molar refractivity (Wildman–Crippen MR) is 98.8 cm³/mol. The van der Waals surface area contributed by atoms with Crippen LogP contribution in [0.15, 0.2) is 46.9 Å². The fourth-order valence-electron chi connectivity index (χ4n) is 3.72. The molecule has 1 aromatic heterocycles. The Morgan fingerprint density at radius 1 is 1.12 bits per heavy atom. The maximum Gasteiger partial charge on any atom is 0.258 e. The SMILES string of the molecule is C[C@H]1CCCC[C@@H]1NC(=O)COc1ccc2oc3ccccc3c2c1. The maximum atomic E-state index is 12.2. The molecule has 1 aliphatic carbocycles. The molecule has 1 heterocycles. The lowest BCUT2D eigenvalue weighted by atomic mass is 9.86. The standard InChI is InChI=1S/C21H23NO3/c1-14-6-2-4-8-18(14)22-21(23)13-24-15-10-11-20-17(12-15)16-7-3-5-9-19(16)25-20/h3,5,7,9-12,14,18H,2,4,6,8,13H2,1H3,(H,22,23)/t14-,18-/m0/s1. The smallest absolute Gasteiger partial charge is 0.258 e. The van der Waals surface area contributed by atoms with E-state index < -0.39 is 0 Å². The lowest BCUT2D eigenvalue weighted by Gasteiger charge is -2.29. The van der Waals surface area contributed by atoms with Gasteiger partial charge in [-0.15, -0.1) is 0 Å². The van der Waals surface area contributed by atoms with E-state index in [0.29, 0.717) is 11.7 Å². The highest BCUT2D eigenvalue weighted by Gasteiger charge is 2.22. The third kappa shape index (κ3) is 3.34. The molecular weight excluding hydrogens is 314 g/mol. The molecule has 1 N–H and O–H groups in total. The summed E-state index contributed by atoms with van der Waals surface area (Å²) in [6, 6.07) is 13.9. The molecule has 2 atom stereocenters. The van der Waals surface area contributed by atoms with Crippen LogP contribution in [0.5, 0.6) is 5.75 Å². The van der Waals surface area contributed by atoms with Crippen molar-refractivity contribution < 1.29 is 13.9 Å². The van der Waals surface area contributed by atoms with Crippen LogP contribution >= 0.6 is 0 Å². The van der Waals surface area contributed by atoms with Crippen molar-refractivity contribution in [2.45, 2.75) is 38.6 Å². The van der Waals surface area contributed by atoms with E-state index in [9.17, 15) is 4.79 Å². The fourth-order valence-corrected chi connectivity index (χ4v) is 3.72. The number of carbonyl (C=O) groups excluding carboxylic acids is 1. The summed E-state index contributed by atoms with van der Waals surface area (Å²) in [5, 5.41) is 5.19. The second-order valence-corrected chi connectivity index (χ2v) is 6.98. The maximum absolute atomic E-state index is 12.2. The van der Waals surface area contributed by atoms with Gasteiger partial charge in [0.1, 0.15) is 16.9 Å². The van der Waals surface area contributed by atoms with Gasteiger partial charge in [-0.2, -0.15) is 0 Å². The first-order valence-electron chi connectivity index (χ1n) is 9.04. The Labute approximate surface area is 147 Å². The van der Waals surface area contributed by atoms with E-state index >= 15 is 0 Å². The number of rotatable bonds is 4. The third-order valence-corrected chi connectivity index (χ3v) is 5.18. The van der Waals surface area contributed by atoms with Gasteiger partial charge in [0.2, 0.25) is 0 Å². The molecule has 4 heteroatoms. The molecule has 0 radical (unpaired) electrons. The number of hydrogen-bond acceptors (Lipinski definition) is 3. The number of para-hydroxylation sites is 1. The van der Waals surface area contributed by atoms with Crippen LogP contribution in [0.3, 0.4) is 0 Å². The van der Waals surface area contributed by atoms with Crippen LogP contribution in [0.1, 0.15) is 32.6 Å². The van der Waals surface area contributed by atoms with Crippen LogP contribution in [0.2, 0.25) is 0 Å². The number of carbonyl (C=O) groups is 1. The molecule has 1 fully saturated rings. The first kappa shape index (κ1) is 16.0. The Morgan fingerprint density at radius 3 is 2.80 bits per heavy atom. The summed E-state index contributed by atoms with van der Waals surface area (Å²) < 4.78 is 11.5. The summed E-state index contributed by atoms with van der Waals surface area (Å²) >= 11 is 0. The molecule has 0 unspecified atom stereocenters. The molecule has 1 saturated carbocycles. The van der Waals surface area contributed by atoms with Crippen molar-refractivity contribution in [2.24, 2.45) is 5.92 Å². The fraction of sp³-hybridized carbons (Fsp3) is 0.381. The van der Waals surface area contributed by atoms with Gasteiger partial charge >= 0.3 is 0 Å². The number of nitrogens with one attached hydrogen (secondary N) is 1. The van der Waals surface area contributed by atoms with Crippen molar-refractivity contribution in [1.82, 2.24) is 5.32 Å². The van der Waals surface area contributed by atoms with E-state index in [4.69, 9.17) is 9.15 Å². The Kier molecular flexibility index (Phi) is 4.35. The highest BCUT2D eigenvalue weighted by atomic mass is 16.5. The van der Waals surface area contributed by atoms with Gasteiger partial charge < -0.3 is 14.5 Å². The summed E-state index contributed by atoms with van der Waals surface area (Å²) in [6.45, 7) is 2.26. The molecule has 1 aliphatic rings. The minimum absolute atomic E-state index is 0.0455. The molecule has 130 valence electrons. The van der Waals surface area contributed by atoms with Crippen LogP contribution in [0, 0.1) is 5.92 Å². The van der Waals surface area contributed by atoms with Crippen LogP contribution in [0.4, 0.5) is 0 Å². The van der Waals surface area contributed by atoms with E-state index in [1.54, 1.807) is 0 Å². The molecule has 3 aromatic rings. The van der Waals surface area contributed by atoms with Gasteiger partial charge in [-0.3, -0.25) is 4.79 Å². The molecule has 4 nitrogen and oxygen atoms in total. The van der Waals surface area contributed by atoms with E-state index in [-0.39, 0.29) is 18.6 Å². The molecule has 0 spiro atoms. The van der Waals surface area contributed by atoms with Crippen LogP contribution in [0.25, 0.3) is 21.9 Å². The topological polar surface area (TPSA) is 51.5 Å². The van der Waals surface area contributed by atoms with Crippen molar-refractivity contribution in [3.05, 3.63) is 42.5 Å². The highest BCUT2D eigenvalue weighted by Crippen LogP contribution is 2.31. The molecule has 0 aliphatic heterocycles. The monoisotopic (exact) mass is 337 g/mol. The number of ether oxygens (including phenoxy) is 1. The molecule has 4 rings (SSSR count). The Balaban J connectivity index is 1.43. The normalized spacial score (nSPS) is 20.7. The second kappa shape index (κ2) is 6.79. The van der Waals surface area contributed by atoms with E-state index in [0.717, 1.165) is 28.4 Å². The summed E-state index contributed by atoms with van der Waals surface area (Å²) in [4.78, 5) is 12.2. The average Bonchev–Trinajstić information content (AvgIpc) is 3.00. The number of amides is 1. The van der Waals surface area contributed by atoms with E-state index in [1.807, 2.05) is 42.5 Å². The second-order valence-electron chi connectivity index (χ2n) is 6.98. The van der Waals surface area contributed by atoms with Gasteiger partial charge in [-0.25, -0.2) is 0 Å². The Hall–Kier alpha value is -2.49. The zero-order valence-corrected chi connectivity index (χ0v) is 14.5. The van der Waals surface area contributed by atoms with Crippen molar-refractivity contribution >= 4 is 27.8 Å². The lowest BCUT2D eigenvalue weighted by molar-refractivity contribution is -0.124. The molecule has 0 bridgehead atoms. The van der Waals surface area contributed by atoms with Crippen molar-refractivity contribution in [1.29, 1.82) is 0 Å². The van der Waals surface area contributed by atoms with Gasteiger partial charge in [-0.05, 0) is 43.0 Å². The summed E-state index contributed by atoms with van der Waals surface area (Å²) in [7, 11) is 0. The number of benzene rings is 2. The minimum atomic E-state index is -0.0455. The van der Waals surface area contributed by atoms with Crippen LogP contribution < -0.4 is 10.1 Å². The van der Waals surface area contributed by atoms with Crippen molar-refractivity contribution in [3.8, 4) is 5.75 Å². The summed E-state index contributed by atoms with van der Waals surface area (Å²) in [5.41, 5.74) is 1.69. The predicted octanol–water partition coefficient (Wildman–Crippen LogP) is 4.66. The highest BCUT2D eigenvalue weighted by molar-refractivity contribution is 6.05. The van der Waals surface area contributed by atoms with Crippen molar-refractivity contribution in [2.75, 3.05) is 6.61 Å². The van der Waals surface area contributed by atoms with Gasteiger partial charge in [0, 0.05) is 16.8 Å².